The van der Waals surface area contributed by atoms with E-state index < -0.39 is 7.82 Å². The zero-order valence-electron chi connectivity index (χ0n) is 12.3. The van der Waals surface area contributed by atoms with Gasteiger partial charge < -0.3 is 14.4 Å². The summed E-state index contributed by atoms with van der Waals surface area (Å²) >= 11 is 0. The second kappa shape index (κ2) is 10.8. The third-order valence-corrected chi connectivity index (χ3v) is 3.49. The minimum Gasteiger partial charge on any atom is -0.491 e. The van der Waals surface area contributed by atoms with Gasteiger partial charge in [0, 0.05) is 0 Å². The molecule has 0 aliphatic carbocycles. The van der Waals surface area contributed by atoms with Crippen molar-refractivity contribution in [3.05, 3.63) is 30.3 Å². The van der Waals surface area contributed by atoms with Crippen molar-refractivity contribution in [2.24, 2.45) is 0 Å². The Morgan fingerprint density at radius 3 is 2.38 bits per heavy atom. The molecule has 0 heterocycles. The molecule has 0 aliphatic heterocycles. The smallest absolute Gasteiger partial charge is 0.472 e. The highest BCUT2D eigenvalue weighted by Gasteiger charge is 2.19. The molecule has 0 radical (unpaired) electrons. The fraction of sp³-hybridized carbons (Fsp3) is 0.571. The van der Waals surface area contributed by atoms with Crippen LogP contribution < -0.4 is 4.74 Å². The number of rotatable bonds is 12. The van der Waals surface area contributed by atoms with Gasteiger partial charge in [-0.2, -0.15) is 0 Å². The maximum atomic E-state index is 11.4. The van der Waals surface area contributed by atoms with Crippen LogP contribution in [0.4, 0.5) is 0 Å². The van der Waals surface area contributed by atoms with E-state index in [0.717, 1.165) is 18.6 Å². The lowest BCUT2D eigenvalue weighted by atomic mass is 10.3. The maximum absolute atomic E-state index is 11.4. The summed E-state index contributed by atoms with van der Waals surface area (Å²) in [5.41, 5.74) is 0. The number of hydrogen-bond donors (Lipinski definition) is 1. The lowest BCUT2D eigenvalue weighted by Crippen LogP contribution is -2.10. The molecule has 0 spiro atoms. The molecule has 7 heteroatoms. The molecular weight excluding hydrogens is 295 g/mol. The average molecular weight is 318 g/mol. The molecule has 1 unspecified atom stereocenters. The minimum absolute atomic E-state index is 0.00520. The van der Waals surface area contributed by atoms with Gasteiger partial charge >= 0.3 is 7.82 Å². The van der Waals surface area contributed by atoms with Crippen molar-refractivity contribution < 1.29 is 28.0 Å². The normalized spacial score (nSPS) is 13.8. The highest BCUT2D eigenvalue weighted by Crippen LogP contribution is 2.42. The highest BCUT2D eigenvalue weighted by atomic mass is 31.2. The van der Waals surface area contributed by atoms with Gasteiger partial charge in [0.15, 0.2) is 0 Å². The maximum Gasteiger partial charge on any atom is 0.472 e. The van der Waals surface area contributed by atoms with Gasteiger partial charge in [-0.15, -0.1) is 0 Å². The summed E-state index contributed by atoms with van der Waals surface area (Å²) in [5.74, 6) is 0.779. The Hall–Kier alpha value is -0.910. The molecule has 0 amide bonds. The summed E-state index contributed by atoms with van der Waals surface area (Å²) in [6.07, 6.45) is 1.62. The topological polar surface area (TPSA) is 74.2 Å². The first-order valence-electron chi connectivity index (χ1n) is 7.01. The molecule has 0 fully saturated rings. The number of para-hydroxylation sites is 1. The number of benzene rings is 1. The van der Waals surface area contributed by atoms with Gasteiger partial charge in [0.05, 0.1) is 26.4 Å². The molecule has 0 bridgehead atoms. The first kappa shape index (κ1) is 18.1. The second-order valence-electron chi connectivity index (χ2n) is 4.26. The third kappa shape index (κ3) is 9.61. The number of ether oxygens (including phenoxy) is 2. The van der Waals surface area contributed by atoms with Crippen LogP contribution in [0.5, 0.6) is 5.75 Å². The minimum atomic E-state index is -3.94. The lowest BCUT2D eigenvalue weighted by molar-refractivity contribution is 0.0609. The van der Waals surface area contributed by atoms with E-state index in [2.05, 4.69) is 0 Å². The van der Waals surface area contributed by atoms with Crippen molar-refractivity contribution >= 4 is 7.82 Å². The quantitative estimate of drug-likeness (QED) is 0.472. The monoisotopic (exact) mass is 318 g/mol. The Bertz CT molecular complexity index is 411. The molecule has 0 aromatic heterocycles. The molecule has 0 saturated carbocycles. The Morgan fingerprint density at radius 2 is 1.67 bits per heavy atom. The van der Waals surface area contributed by atoms with Crippen molar-refractivity contribution in [2.75, 3.05) is 33.0 Å². The summed E-state index contributed by atoms with van der Waals surface area (Å²) < 4.78 is 31.6. The van der Waals surface area contributed by atoms with E-state index in [9.17, 15) is 9.46 Å². The van der Waals surface area contributed by atoms with E-state index in [1.807, 2.05) is 37.3 Å². The third-order valence-electron chi connectivity index (χ3n) is 2.47. The highest BCUT2D eigenvalue weighted by molar-refractivity contribution is 7.47. The van der Waals surface area contributed by atoms with Crippen LogP contribution in [0.25, 0.3) is 0 Å². The van der Waals surface area contributed by atoms with Crippen LogP contribution >= 0.6 is 7.82 Å². The Balaban J connectivity index is 1.98. The fourth-order valence-electron chi connectivity index (χ4n) is 1.41. The first-order chi connectivity index (χ1) is 10.1. The molecule has 120 valence electrons. The van der Waals surface area contributed by atoms with Crippen LogP contribution in [0.1, 0.15) is 19.8 Å². The molecule has 1 atom stereocenters. The fourth-order valence-corrected chi connectivity index (χ4v) is 2.15. The van der Waals surface area contributed by atoms with Crippen LogP contribution in [0.3, 0.4) is 0 Å². The van der Waals surface area contributed by atoms with Crippen molar-refractivity contribution in [3.63, 3.8) is 0 Å². The van der Waals surface area contributed by atoms with Gasteiger partial charge in [0.1, 0.15) is 12.4 Å². The summed E-state index contributed by atoms with van der Waals surface area (Å²) in [6, 6.07) is 9.41. The van der Waals surface area contributed by atoms with Crippen molar-refractivity contribution in [2.45, 2.75) is 19.8 Å². The molecule has 1 rings (SSSR count). The molecule has 1 N–H and O–H groups in total. The number of unbranched alkanes of at least 4 members (excludes halogenated alkanes) is 1. The summed E-state index contributed by atoms with van der Waals surface area (Å²) in [6.45, 7) is 3.19. The van der Waals surface area contributed by atoms with Crippen LogP contribution in [-0.2, 0) is 18.3 Å². The number of hydrogen-bond acceptors (Lipinski definition) is 5. The van der Waals surface area contributed by atoms with Crippen molar-refractivity contribution in [3.8, 4) is 5.75 Å². The number of phosphoric ester groups is 1. The standard InChI is InChI=1S/C14H23O6P/c1-2-3-9-19-21(15,16)20-13-11-17-10-12-18-14-7-5-4-6-8-14/h4-8H,2-3,9-13H2,1H3,(H,15,16). The van der Waals surface area contributed by atoms with Crippen LogP contribution in [0.2, 0.25) is 0 Å². The van der Waals surface area contributed by atoms with Gasteiger partial charge in [0.25, 0.3) is 0 Å². The van der Waals surface area contributed by atoms with Crippen molar-refractivity contribution in [1.29, 1.82) is 0 Å². The summed E-state index contributed by atoms with van der Waals surface area (Å²) in [7, 11) is -3.94. The Morgan fingerprint density at radius 1 is 1.00 bits per heavy atom. The molecule has 0 aliphatic rings. The van der Waals surface area contributed by atoms with Gasteiger partial charge in [-0.05, 0) is 18.6 Å². The van der Waals surface area contributed by atoms with Gasteiger partial charge in [0.2, 0.25) is 0 Å². The lowest BCUT2D eigenvalue weighted by Gasteiger charge is -2.12. The molecule has 1 aromatic rings. The molecule has 21 heavy (non-hydrogen) atoms. The zero-order chi connectivity index (χ0) is 15.4. The Kier molecular flexibility index (Phi) is 9.30. The molecular formula is C14H23O6P. The zero-order valence-corrected chi connectivity index (χ0v) is 13.2. The van der Waals surface area contributed by atoms with E-state index >= 15 is 0 Å². The van der Waals surface area contributed by atoms with Gasteiger partial charge in [-0.3, -0.25) is 9.05 Å². The second-order valence-corrected chi connectivity index (χ2v) is 5.72. The largest absolute Gasteiger partial charge is 0.491 e. The first-order valence-corrected chi connectivity index (χ1v) is 8.51. The van der Waals surface area contributed by atoms with Crippen LogP contribution in [0.15, 0.2) is 30.3 Å². The van der Waals surface area contributed by atoms with E-state index in [1.54, 1.807) is 0 Å². The summed E-state index contributed by atoms with van der Waals surface area (Å²) in [5, 5.41) is 0. The predicted molar refractivity (Wildman–Crippen MR) is 79.4 cm³/mol. The van der Waals surface area contributed by atoms with Crippen LogP contribution in [0, 0.1) is 0 Å². The van der Waals surface area contributed by atoms with Gasteiger partial charge in [-0.25, -0.2) is 4.57 Å². The van der Waals surface area contributed by atoms with E-state index in [4.69, 9.17) is 18.5 Å². The van der Waals surface area contributed by atoms with Crippen molar-refractivity contribution in [1.82, 2.24) is 0 Å². The number of phosphoric acid groups is 1. The summed E-state index contributed by atoms with van der Waals surface area (Å²) in [4.78, 5) is 9.32. The average Bonchev–Trinajstić information content (AvgIpc) is 2.47. The Labute approximate surface area is 125 Å². The van der Waals surface area contributed by atoms with E-state index in [-0.39, 0.29) is 19.8 Å². The van der Waals surface area contributed by atoms with E-state index in [1.165, 1.54) is 0 Å². The van der Waals surface area contributed by atoms with Crippen LogP contribution in [-0.4, -0.2) is 37.9 Å². The molecule has 6 nitrogen and oxygen atoms in total. The molecule has 1 aromatic carbocycles. The van der Waals surface area contributed by atoms with E-state index in [0.29, 0.717) is 13.2 Å². The van der Waals surface area contributed by atoms with Gasteiger partial charge in [-0.1, -0.05) is 31.5 Å². The SMILES string of the molecule is CCCCOP(=O)(O)OCCOCCOc1ccccc1. The molecule has 0 saturated heterocycles. The predicted octanol–water partition coefficient (Wildman–Crippen LogP) is 3.02.